The van der Waals surface area contributed by atoms with Crippen LogP contribution in [0.25, 0.3) is 0 Å². The van der Waals surface area contributed by atoms with E-state index in [1.165, 1.54) is 0 Å². The molecule has 0 N–H and O–H groups in total. The van der Waals surface area contributed by atoms with Crippen molar-refractivity contribution in [3.05, 3.63) is 40.5 Å². The molecule has 0 spiro atoms. The van der Waals surface area contributed by atoms with Gasteiger partial charge in [0.1, 0.15) is 15.8 Å². The largest absolute Gasteiger partial charge is 0.485 e. The molecular weight excluding hydrogens is 320 g/mol. The first kappa shape index (κ1) is 15.2. The fourth-order valence-corrected chi connectivity index (χ4v) is 4.85. The van der Waals surface area contributed by atoms with Crippen LogP contribution >= 0.6 is 0 Å². The molecule has 4 fully saturated rings. The summed E-state index contributed by atoms with van der Waals surface area (Å²) in [5, 5.41) is 46.0. The average molecular weight is 330 g/mol. The molecule has 4 rings (SSSR count). The first-order valence-electron chi connectivity index (χ1n) is 6.74. The van der Waals surface area contributed by atoms with Crippen LogP contribution in [0.1, 0.15) is 19.3 Å². The molecule has 23 heavy (non-hydrogen) atoms. The summed E-state index contributed by atoms with van der Waals surface area (Å²) in [4.78, 5) is 53.0. The monoisotopic (exact) mass is 330 g/mol. The third-order valence-electron chi connectivity index (χ3n) is 5.66. The molecule has 0 amide bonds. The number of rotatable bonds is 4. The molecule has 0 aromatic rings. The third-order valence-corrected chi connectivity index (χ3v) is 5.66. The van der Waals surface area contributed by atoms with E-state index >= 15 is 0 Å². The smallest absolute Gasteiger partial charge is 0.298 e. The minimum atomic E-state index is -3.22. The third kappa shape index (κ3) is 1.35. The summed E-state index contributed by atoms with van der Waals surface area (Å²) in [6, 6.07) is 0. The zero-order chi connectivity index (χ0) is 17.3. The number of hydrogen-bond donors (Lipinski definition) is 0. The van der Waals surface area contributed by atoms with Crippen molar-refractivity contribution >= 4 is 5.78 Å². The summed E-state index contributed by atoms with van der Waals surface area (Å²) >= 11 is 0. The van der Waals surface area contributed by atoms with E-state index in [9.17, 15) is 45.3 Å². The molecule has 0 heterocycles. The van der Waals surface area contributed by atoms with Gasteiger partial charge in [-0.15, -0.1) is 0 Å². The fourth-order valence-electron chi connectivity index (χ4n) is 4.85. The predicted molar refractivity (Wildman–Crippen MR) is 66.3 cm³/mol. The Morgan fingerprint density at radius 2 is 1.26 bits per heavy atom. The van der Waals surface area contributed by atoms with Crippen molar-refractivity contribution in [2.45, 2.75) is 30.6 Å². The first-order chi connectivity index (χ1) is 10.6. The van der Waals surface area contributed by atoms with E-state index in [0.717, 1.165) is 0 Å². The second-order valence-corrected chi connectivity index (χ2v) is 6.20. The maximum Gasteiger partial charge on any atom is 0.485 e. The van der Waals surface area contributed by atoms with E-state index in [1.54, 1.807) is 0 Å². The Labute approximate surface area is 126 Å². The summed E-state index contributed by atoms with van der Waals surface area (Å²) in [5.41, 5.74) is -6.22. The zero-order valence-corrected chi connectivity index (χ0v) is 11.4. The van der Waals surface area contributed by atoms with Gasteiger partial charge in [-0.1, -0.05) is 0 Å². The zero-order valence-electron chi connectivity index (χ0n) is 11.4. The maximum atomic E-state index is 12.2. The van der Waals surface area contributed by atoms with Crippen LogP contribution in [-0.2, 0) is 4.79 Å². The van der Waals surface area contributed by atoms with Crippen molar-refractivity contribution in [2.24, 2.45) is 23.7 Å². The normalized spacial score (nSPS) is 35.7. The number of Topliss-reactive ketones (excluding diaryl/α,β-unsaturated/α-hetero) is 1. The molecule has 13 nitrogen and oxygen atoms in total. The molecule has 4 atom stereocenters. The minimum Gasteiger partial charge on any atom is -0.298 e. The van der Waals surface area contributed by atoms with Crippen LogP contribution in [-0.4, -0.2) is 36.8 Å². The lowest BCUT2D eigenvalue weighted by Gasteiger charge is -2.51. The molecule has 0 aliphatic heterocycles. The Kier molecular flexibility index (Phi) is 2.75. The van der Waals surface area contributed by atoms with Gasteiger partial charge in [0.05, 0.1) is 9.85 Å². The average Bonchev–Trinajstić information content (AvgIpc) is 2.41. The van der Waals surface area contributed by atoms with Crippen molar-refractivity contribution in [1.29, 1.82) is 0 Å². The quantitative estimate of drug-likeness (QED) is 0.379. The molecule has 4 aliphatic rings. The van der Waals surface area contributed by atoms with Crippen LogP contribution in [0, 0.1) is 64.1 Å². The van der Waals surface area contributed by atoms with Gasteiger partial charge in [0, 0.05) is 5.92 Å². The Hall–Kier alpha value is -2.73. The number of hydrogen-bond acceptors (Lipinski definition) is 9. The standard InChI is InChI=1S/C10H10N4O9/c15-8-4-1-5-3-6(8)10(13(20)21,14(22)23)7(2-4)9(5,11(16)17)12(18)19/h4-7H,1-3H2/t4-,5-,6+,7-/m0/s1. The van der Waals surface area contributed by atoms with Crippen LogP contribution in [0.4, 0.5) is 0 Å². The summed E-state index contributed by atoms with van der Waals surface area (Å²) in [6.45, 7) is 0. The molecule has 0 saturated heterocycles. The molecule has 0 unspecified atom stereocenters. The second kappa shape index (κ2) is 4.17. The lowest BCUT2D eigenvalue weighted by atomic mass is 9.46. The van der Waals surface area contributed by atoms with Crippen LogP contribution < -0.4 is 0 Å². The first-order valence-corrected chi connectivity index (χ1v) is 6.74. The van der Waals surface area contributed by atoms with Crippen LogP contribution in [0.15, 0.2) is 0 Å². The lowest BCUT2D eigenvalue weighted by Crippen LogP contribution is -2.80. The van der Waals surface area contributed by atoms with E-state index in [0.29, 0.717) is 0 Å². The highest BCUT2D eigenvalue weighted by molar-refractivity contribution is 5.86. The van der Waals surface area contributed by atoms with Gasteiger partial charge in [-0.3, -0.25) is 45.3 Å². The predicted octanol–water partition coefficient (Wildman–Crippen LogP) is -0.269. The van der Waals surface area contributed by atoms with Gasteiger partial charge in [-0.25, -0.2) is 0 Å². The molecule has 0 aromatic heterocycles. The highest BCUT2D eigenvalue weighted by Gasteiger charge is 2.93. The highest BCUT2D eigenvalue weighted by Crippen LogP contribution is 2.63. The molecule has 0 radical (unpaired) electrons. The van der Waals surface area contributed by atoms with Gasteiger partial charge >= 0.3 is 11.3 Å². The van der Waals surface area contributed by atoms with Crippen molar-refractivity contribution in [3.63, 3.8) is 0 Å². The molecular formula is C10H10N4O9. The van der Waals surface area contributed by atoms with Gasteiger partial charge in [-0.2, -0.15) is 0 Å². The van der Waals surface area contributed by atoms with Gasteiger partial charge in [0.2, 0.25) is 5.92 Å². The van der Waals surface area contributed by atoms with Crippen molar-refractivity contribution < 1.29 is 24.5 Å². The fraction of sp³-hybridized carbons (Fsp3) is 0.900. The number of ketones is 1. The van der Waals surface area contributed by atoms with Gasteiger partial charge in [-0.05, 0) is 19.3 Å². The summed E-state index contributed by atoms with van der Waals surface area (Å²) in [5.74, 6) is -6.48. The molecule has 124 valence electrons. The molecule has 4 aliphatic carbocycles. The summed E-state index contributed by atoms with van der Waals surface area (Å²) < 4.78 is 0. The second-order valence-electron chi connectivity index (χ2n) is 6.20. The Morgan fingerprint density at radius 3 is 1.70 bits per heavy atom. The highest BCUT2D eigenvalue weighted by atomic mass is 16.7. The molecule has 4 bridgehead atoms. The van der Waals surface area contributed by atoms with E-state index in [-0.39, 0.29) is 6.42 Å². The summed E-state index contributed by atoms with van der Waals surface area (Å²) in [7, 11) is 0. The van der Waals surface area contributed by atoms with Crippen LogP contribution in [0.3, 0.4) is 0 Å². The van der Waals surface area contributed by atoms with Crippen molar-refractivity contribution in [3.8, 4) is 0 Å². The summed E-state index contributed by atoms with van der Waals surface area (Å²) in [6.07, 6.45) is -1.31. The molecule has 0 aromatic carbocycles. The van der Waals surface area contributed by atoms with E-state index in [1.807, 2.05) is 0 Å². The van der Waals surface area contributed by atoms with E-state index < -0.39 is 73.3 Å². The Balaban J connectivity index is 2.33. The number of carbonyl (C=O) groups excluding carboxylic acids is 1. The SMILES string of the molecule is O=C1[C@H]2C[C@H]3C[C@H]1C([N+](=O)[O-])([N+](=O)[O-])[C@@H](C2)C3([N+](=O)[O-])[N+](=O)[O-]. The maximum absolute atomic E-state index is 12.2. The van der Waals surface area contributed by atoms with E-state index in [4.69, 9.17) is 0 Å². The number of nitrogens with zero attached hydrogens (tertiary/aromatic N) is 4. The van der Waals surface area contributed by atoms with Gasteiger partial charge < -0.3 is 0 Å². The van der Waals surface area contributed by atoms with Crippen LogP contribution in [0.2, 0.25) is 0 Å². The van der Waals surface area contributed by atoms with Crippen molar-refractivity contribution in [1.82, 2.24) is 0 Å². The van der Waals surface area contributed by atoms with Crippen molar-refractivity contribution in [2.75, 3.05) is 0 Å². The van der Waals surface area contributed by atoms with Crippen LogP contribution in [0.5, 0.6) is 0 Å². The van der Waals surface area contributed by atoms with Gasteiger partial charge in [0.25, 0.3) is 0 Å². The van der Waals surface area contributed by atoms with E-state index in [2.05, 4.69) is 0 Å². The Morgan fingerprint density at radius 1 is 0.783 bits per heavy atom. The van der Waals surface area contributed by atoms with Gasteiger partial charge in [0.15, 0.2) is 11.7 Å². The molecule has 13 heteroatoms. The lowest BCUT2D eigenvalue weighted by molar-refractivity contribution is -0.884. The minimum absolute atomic E-state index is 0.140. The number of carbonyl (C=O) groups is 1. The topological polar surface area (TPSA) is 190 Å². The number of nitro groups is 4. The molecule has 4 saturated carbocycles. The Bertz CT molecular complexity index is 647.